The van der Waals surface area contributed by atoms with Crippen molar-refractivity contribution in [2.75, 3.05) is 6.61 Å². The van der Waals surface area contributed by atoms with E-state index < -0.39 is 13.7 Å². The summed E-state index contributed by atoms with van der Waals surface area (Å²) < 4.78 is 7.45. The highest BCUT2D eigenvalue weighted by Crippen LogP contribution is 2.37. The highest BCUT2D eigenvalue weighted by atomic mass is 28.3. The predicted molar refractivity (Wildman–Crippen MR) is 125 cm³/mol. The Balaban J connectivity index is 1.87. The first-order chi connectivity index (χ1) is 14.0. The van der Waals surface area contributed by atoms with Gasteiger partial charge in [0.2, 0.25) is 0 Å². The molecular formula is C24H35N3O2Si. The summed E-state index contributed by atoms with van der Waals surface area (Å²) in [5.74, 6) is -0.0699. The Bertz CT molecular complexity index is 1020. The van der Waals surface area contributed by atoms with Crippen LogP contribution in [0.3, 0.4) is 0 Å². The third kappa shape index (κ3) is 4.82. The molecule has 1 heterocycles. The van der Waals surface area contributed by atoms with E-state index in [-0.39, 0.29) is 5.92 Å². The van der Waals surface area contributed by atoms with E-state index in [1.807, 2.05) is 19.9 Å². The smallest absolute Gasteiger partial charge is 0.141 e. The number of hydrogen-bond donors (Lipinski definition) is 1. The molecule has 2 aromatic carbocycles. The van der Waals surface area contributed by atoms with E-state index in [1.165, 1.54) is 16.5 Å². The van der Waals surface area contributed by atoms with Gasteiger partial charge in [-0.3, -0.25) is 0 Å². The van der Waals surface area contributed by atoms with E-state index >= 15 is 0 Å². The van der Waals surface area contributed by atoms with Gasteiger partial charge in [0.25, 0.3) is 0 Å². The van der Waals surface area contributed by atoms with Crippen LogP contribution in [0, 0.1) is 19.8 Å². The lowest BCUT2D eigenvalue weighted by atomic mass is 9.80. The van der Waals surface area contributed by atoms with E-state index in [2.05, 4.69) is 68.1 Å². The number of ether oxygens (including phenoxy) is 1. The molecule has 5 nitrogen and oxygen atoms in total. The van der Waals surface area contributed by atoms with Crippen LogP contribution in [0.2, 0.25) is 25.7 Å². The van der Waals surface area contributed by atoms with Gasteiger partial charge in [-0.2, -0.15) is 0 Å². The third-order valence-electron chi connectivity index (χ3n) is 5.88. The van der Waals surface area contributed by atoms with Crippen molar-refractivity contribution in [2.24, 2.45) is 5.92 Å². The topological polar surface area (TPSA) is 60.2 Å². The lowest BCUT2D eigenvalue weighted by Gasteiger charge is -2.31. The van der Waals surface area contributed by atoms with Crippen LogP contribution in [0.25, 0.3) is 10.8 Å². The van der Waals surface area contributed by atoms with Crippen LogP contribution >= 0.6 is 0 Å². The Labute approximate surface area is 181 Å². The summed E-state index contributed by atoms with van der Waals surface area (Å²) in [6, 6.07) is 11.6. The number of nitrogens with zero attached hydrogens (tertiary/aromatic N) is 3. The molecule has 1 unspecified atom stereocenters. The molecule has 0 bridgehead atoms. The van der Waals surface area contributed by atoms with Gasteiger partial charge in [0.05, 0.1) is 6.20 Å². The minimum atomic E-state index is -1.22. The standard InChI is InChI=1S/C24H35N3O2Si/c1-17(2)24(28,22-9-8-20-12-18(3)19(4)13-21(20)14-22)23-15-27(26-25-23)16-29-10-11-30(5,6)7/h8-9,12-15,17,28H,10-11,16H2,1-7H3. The SMILES string of the molecule is Cc1cc2ccc(C(O)(c3cn(COCC[Si](C)(C)C)nn3)C(C)C)cc2cc1C. The molecule has 6 heteroatoms. The third-order valence-corrected chi connectivity index (χ3v) is 7.58. The quantitative estimate of drug-likeness (QED) is 0.395. The first-order valence-corrected chi connectivity index (χ1v) is 14.4. The number of aryl methyl sites for hydroxylation is 2. The minimum absolute atomic E-state index is 0.0699. The fraction of sp³-hybridized carbons (Fsp3) is 0.500. The van der Waals surface area contributed by atoms with Gasteiger partial charge in [-0.1, -0.05) is 63.0 Å². The van der Waals surface area contributed by atoms with E-state index in [0.29, 0.717) is 12.4 Å². The van der Waals surface area contributed by atoms with Gasteiger partial charge in [-0.25, -0.2) is 4.68 Å². The highest BCUT2D eigenvalue weighted by Gasteiger charge is 2.38. The van der Waals surface area contributed by atoms with Crippen LogP contribution in [-0.4, -0.2) is 34.8 Å². The molecule has 162 valence electrons. The Morgan fingerprint density at radius 3 is 2.37 bits per heavy atom. The summed E-state index contributed by atoms with van der Waals surface area (Å²) in [4.78, 5) is 0. The summed E-state index contributed by atoms with van der Waals surface area (Å²) in [6.45, 7) is 16.3. The first-order valence-electron chi connectivity index (χ1n) is 10.7. The van der Waals surface area contributed by atoms with Gasteiger partial charge >= 0.3 is 0 Å². The monoisotopic (exact) mass is 425 g/mol. The van der Waals surface area contributed by atoms with Crippen molar-refractivity contribution in [3.63, 3.8) is 0 Å². The Kier molecular flexibility index (Phi) is 6.50. The molecule has 0 aliphatic carbocycles. The number of fused-ring (bicyclic) bond motifs is 1. The molecule has 0 radical (unpaired) electrons. The molecule has 0 saturated carbocycles. The molecule has 30 heavy (non-hydrogen) atoms. The molecule has 0 amide bonds. The Morgan fingerprint density at radius 1 is 1.07 bits per heavy atom. The normalized spacial score (nSPS) is 14.4. The number of aliphatic hydroxyl groups is 1. The van der Waals surface area contributed by atoms with Gasteiger partial charge in [-0.15, -0.1) is 5.10 Å². The van der Waals surface area contributed by atoms with E-state index in [0.717, 1.165) is 23.6 Å². The van der Waals surface area contributed by atoms with Crippen molar-refractivity contribution >= 4 is 18.8 Å². The average Bonchev–Trinajstić information content (AvgIpc) is 3.13. The molecular weight excluding hydrogens is 390 g/mol. The molecule has 0 spiro atoms. The van der Waals surface area contributed by atoms with Crippen molar-refractivity contribution < 1.29 is 9.84 Å². The molecule has 1 atom stereocenters. The van der Waals surface area contributed by atoms with Crippen molar-refractivity contribution in [3.8, 4) is 0 Å². The van der Waals surface area contributed by atoms with Crippen LogP contribution in [0.15, 0.2) is 36.5 Å². The second kappa shape index (κ2) is 8.61. The fourth-order valence-electron chi connectivity index (χ4n) is 3.61. The molecule has 0 aliphatic heterocycles. The lowest BCUT2D eigenvalue weighted by molar-refractivity contribution is 0.0273. The van der Waals surface area contributed by atoms with E-state index in [9.17, 15) is 5.11 Å². The maximum atomic E-state index is 11.8. The summed E-state index contributed by atoms with van der Waals surface area (Å²) >= 11 is 0. The van der Waals surface area contributed by atoms with Gasteiger partial charge in [0.1, 0.15) is 18.0 Å². The number of benzene rings is 2. The summed E-state index contributed by atoms with van der Waals surface area (Å²) in [6.07, 6.45) is 1.80. The molecule has 1 aromatic heterocycles. The average molecular weight is 426 g/mol. The zero-order valence-corrected chi connectivity index (χ0v) is 20.4. The van der Waals surface area contributed by atoms with Gasteiger partial charge in [-0.05, 0) is 59.3 Å². The largest absolute Gasteiger partial charge is 0.378 e. The first kappa shape index (κ1) is 22.7. The molecule has 0 saturated heterocycles. The zero-order chi connectivity index (χ0) is 22.1. The summed E-state index contributed by atoms with van der Waals surface area (Å²) in [7, 11) is -1.12. The molecule has 3 rings (SSSR count). The van der Waals surface area contributed by atoms with Gasteiger partial charge < -0.3 is 9.84 Å². The van der Waals surface area contributed by atoms with Crippen LogP contribution < -0.4 is 0 Å². The van der Waals surface area contributed by atoms with Crippen molar-refractivity contribution in [1.29, 1.82) is 0 Å². The highest BCUT2D eigenvalue weighted by molar-refractivity contribution is 6.76. The maximum Gasteiger partial charge on any atom is 0.141 e. The molecule has 3 aromatic rings. The Morgan fingerprint density at radius 2 is 1.73 bits per heavy atom. The van der Waals surface area contributed by atoms with Crippen molar-refractivity contribution in [2.45, 2.75) is 65.7 Å². The lowest BCUT2D eigenvalue weighted by Crippen LogP contribution is -2.34. The van der Waals surface area contributed by atoms with Crippen molar-refractivity contribution in [1.82, 2.24) is 15.0 Å². The number of rotatable bonds is 8. The van der Waals surface area contributed by atoms with E-state index in [1.54, 1.807) is 10.9 Å². The fourth-order valence-corrected chi connectivity index (χ4v) is 4.37. The minimum Gasteiger partial charge on any atom is -0.378 e. The number of aromatic nitrogens is 3. The van der Waals surface area contributed by atoms with E-state index in [4.69, 9.17) is 4.74 Å². The van der Waals surface area contributed by atoms with Crippen LogP contribution in [0.4, 0.5) is 0 Å². The molecule has 0 fully saturated rings. The van der Waals surface area contributed by atoms with Crippen LogP contribution in [0.1, 0.15) is 36.2 Å². The molecule has 1 N–H and O–H groups in total. The van der Waals surface area contributed by atoms with Crippen LogP contribution in [0.5, 0.6) is 0 Å². The van der Waals surface area contributed by atoms with Crippen LogP contribution in [-0.2, 0) is 17.1 Å². The summed E-state index contributed by atoms with van der Waals surface area (Å²) in [5, 5.41) is 22.6. The Hall–Kier alpha value is -2.02. The van der Waals surface area contributed by atoms with Gasteiger partial charge in [0, 0.05) is 14.7 Å². The zero-order valence-electron chi connectivity index (χ0n) is 19.4. The second-order valence-corrected chi connectivity index (χ2v) is 15.5. The maximum absolute atomic E-state index is 11.8. The number of hydrogen-bond acceptors (Lipinski definition) is 4. The second-order valence-electron chi connectivity index (χ2n) is 9.91. The summed E-state index contributed by atoms with van der Waals surface area (Å²) in [5.41, 5.74) is 2.68. The van der Waals surface area contributed by atoms with Crippen molar-refractivity contribution in [3.05, 3.63) is 58.9 Å². The van der Waals surface area contributed by atoms with Gasteiger partial charge in [0.15, 0.2) is 0 Å². The predicted octanol–water partition coefficient (Wildman–Crippen LogP) is 5.25. The molecule has 0 aliphatic rings.